The summed E-state index contributed by atoms with van der Waals surface area (Å²) in [5, 5.41) is 11.8. The molecule has 1 heterocycles. The lowest BCUT2D eigenvalue weighted by Gasteiger charge is -2.21. The first kappa shape index (κ1) is 13.2. The largest absolute Gasteiger partial charge is 0.347 e. The lowest BCUT2D eigenvalue weighted by molar-refractivity contribution is -0.128. The van der Waals surface area contributed by atoms with Gasteiger partial charge < -0.3 is 5.32 Å². The Hall–Kier alpha value is -1.89. The normalized spacial score (nSPS) is 15.4. The molecule has 0 radical (unpaired) electrons. The Labute approximate surface area is 102 Å². The quantitative estimate of drug-likeness (QED) is 0.863. The molecule has 1 aromatic rings. The average molecular weight is 231 g/mol. The van der Waals surface area contributed by atoms with Crippen LogP contribution in [0.15, 0.2) is 24.4 Å². The SMILES string of the molecule is CCC(C)(C#N)C(=O)NC(C)c1ccccn1. The van der Waals surface area contributed by atoms with Crippen molar-refractivity contribution in [3.63, 3.8) is 0 Å². The molecule has 0 fully saturated rings. The maximum atomic E-state index is 11.9. The standard InChI is InChI=1S/C13H17N3O/c1-4-13(3,9-14)12(17)16-10(2)11-7-5-6-8-15-11/h5-8,10H,4H2,1-3H3,(H,16,17). The Bertz CT molecular complexity index is 424. The fourth-order valence-corrected chi connectivity index (χ4v) is 1.35. The number of amides is 1. The molecule has 0 spiro atoms. The van der Waals surface area contributed by atoms with Gasteiger partial charge in [-0.25, -0.2) is 0 Å². The van der Waals surface area contributed by atoms with Gasteiger partial charge in [-0.15, -0.1) is 0 Å². The third-order valence-electron chi connectivity index (χ3n) is 2.93. The zero-order chi connectivity index (χ0) is 12.9. The number of hydrogen-bond donors (Lipinski definition) is 1. The van der Waals surface area contributed by atoms with E-state index in [1.165, 1.54) is 0 Å². The number of nitrogens with one attached hydrogen (secondary N) is 1. The third-order valence-corrected chi connectivity index (χ3v) is 2.93. The van der Waals surface area contributed by atoms with Gasteiger partial charge in [0.25, 0.3) is 0 Å². The number of carbonyl (C=O) groups is 1. The smallest absolute Gasteiger partial charge is 0.240 e. The molecule has 2 unspecified atom stereocenters. The first-order chi connectivity index (χ1) is 8.03. The summed E-state index contributed by atoms with van der Waals surface area (Å²) >= 11 is 0. The molecule has 90 valence electrons. The van der Waals surface area contributed by atoms with Gasteiger partial charge in [0.15, 0.2) is 0 Å². The maximum Gasteiger partial charge on any atom is 0.240 e. The molecule has 0 saturated heterocycles. The van der Waals surface area contributed by atoms with Crippen LogP contribution in [0.4, 0.5) is 0 Å². The fraction of sp³-hybridized carbons (Fsp3) is 0.462. The number of aromatic nitrogens is 1. The van der Waals surface area contributed by atoms with E-state index in [1.807, 2.05) is 32.0 Å². The highest BCUT2D eigenvalue weighted by molar-refractivity contribution is 5.85. The van der Waals surface area contributed by atoms with E-state index >= 15 is 0 Å². The van der Waals surface area contributed by atoms with Gasteiger partial charge in [0.1, 0.15) is 5.41 Å². The second-order valence-corrected chi connectivity index (χ2v) is 4.25. The summed E-state index contributed by atoms with van der Waals surface area (Å²) < 4.78 is 0. The number of nitriles is 1. The Kier molecular flexibility index (Phi) is 4.22. The van der Waals surface area contributed by atoms with Crippen molar-refractivity contribution in [1.29, 1.82) is 5.26 Å². The summed E-state index contributed by atoms with van der Waals surface area (Å²) in [6.45, 7) is 5.33. The zero-order valence-corrected chi connectivity index (χ0v) is 10.4. The lowest BCUT2D eigenvalue weighted by atomic mass is 9.88. The molecule has 4 heteroatoms. The summed E-state index contributed by atoms with van der Waals surface area (Å²) in [6, 6.07) is 7.40. The molecular weight excluding hydrogens is 214 g/mol. The van der Waals surface area contributed by atoms with Gasteiger partial charge in [0.05, 0.1) is 17.8 Å². The predicted molar refractivity (Wildman–Crippen MR) is 64.8 cm³/mol. The Morgan fingerprint density at radius 3 is 2.82 bits per heavy atom. The third kappa shape index (κ3) is 3.04. The summed E-state index contributed by atoms with van der Waals surface area (Å²) in [5.41, 5.74) is -0.180. The number of rotatable bonds is 4. The van der Waals surface area contributed by atoms with Crippen molar-refractivity contribution in [2.45, 2.75) is 33.2 Å². The molecule has 1 amide bonds. The van der Waals surface area contributed by atoms with E-state index in [4.69, 9.17) is 5.26 Å². The molecule has 1 rings (SSSR count). The van der Waals surface area contributed by atoms with Crippen LogP contribution in [0.5, 0.6) is 0 Å². The van der Waals surface area contributed by atoms with Crippen molar-refractivity contribution in [2.75, 3.05) is 0 Å². The Balaban J connectivity index is 2.74. The number of hydrogen-bond acceptors (Lipinski definition) is 3. The molecule has 0 aliphatic heterocycles. The van der Waals surface area contributed by atoms with E-state index in [0.29, 0.717) is 6.42 Å². The maximum absolute atomic E-state index is 11.9. The highest BCUT2D eigenvalue weighted by Gasteiger charge is 2.32. The minimum Gasteiger partial charge on any atom is -0.347 e. The van der Waals surface area contributed by atoms with E-state index in [-0.39, 0.29) is 11.9 Å². The van der Waals surface area contributed by atoms with Crippen molar-refractivity contribution in [1.82, 2.24) is 10.3 Å². The fourth-order valence-electron chi connectivity index (χ4n) is 1.35. The molecule has 0 aliphatic carbocycles. The van der Waals surface area contributed by atoms with Crippen LogP contribution in [0.1, 0.15) is 38.9 Å². The minimum atomic E-state index is -0.969. The molecule has 0 saturated carbocycles. The van der Waals surface area contributed by atoms with Crippen LogP contribution in [0.3, 0.4) is 0 Å². The Morgan fingerprint density at radius 1 is 1.65 bits per heavy atom. The van der Waals surface area contributed by atoms with Gasteiger partial charge in [0, 0.05) is 6.20 Å². The molecule has 4 nitrogen and oxygen atoms in total. The van der Waals surface area contributed by atoms with Crippen LogP contribution in [-0.2, 0) is 4.79 Å². The van der Waals surface area contributed by atoms with Crippen molar-refractivity contribution in [2.24, 2.45) is 5.41 Å². The predicted octanol–water partition coefficient (Wildman–Crippen LogP) is 2.20. The summed E-state index contributed by atoms with van der Waals surface area (Å²) in [6.07, 6.45) is 2.17. The van der Waals surface area contributed by atoms with E-state index in [9.17, 15) is 4.79 Å². The topological polar surface area (TPSA) is 65.8 Å². The molecule has 1 aromatic heterocycles. The first-order valence-electron chi connectivity index (χ1n) is 5.66. The lowest BCUT2D eigenvalue weighted by Crippen LogP contribution is -2.39. The van der Waals surface area contributed by atoms with Gasteiger partial charge in [0.2, 0.25) is 5.91 Å². The molecule has 2 atom stereocenters. The van der Waals surface area contributed by atoms with Gasteiger partial charge in [-0.3, -0.25) is 9.78 Å². The van der Waals surface area contributed by atoms with Crippen molar-refractivity contribution < 1.29 is 4.79 Å². The first-order valence-corrected chi connectivity index (χ1v) is 5.66. The number of carbonyl (C=O) groups excluding carboxylic acids is 1. The number of pyridine rings is 1. The van der Waals surface area contributed by atoms with E-state index in [0.717, 1.165) is 5.69 Å². The van der Waals surface area contributed by atoms with Crippen LogP contribution in [0.25, 0.3) is 0 Å². The minimum absolute atomic E-state index is 0.192. The van der Waals surface area contributed by atoms with Gasteiger partial charge in [-0.1, -0.05) is 13.0 Å². The number of nitrogens with zero attached hydrogens (tertiary/aromatic N) is 2. The van der Waals surface area contributed by atoms with Crippen LogP contribution in [-0.4, -0.2) is 10.9 Å². The van der Waals surface area contributed by atoms with Gasteiger partial charge in [-0.05, 0) is 32.4 Å². The molecule has 0 aliphatic rings. The zero-order valence-electron chi connectivity index (χ0n) is 10.4. The second-order valence-electron chi connectivity index (χ2n) is 4.25. The van der Waals surface area contributed by atoms with Gasteiger partial charge >= 0.3 is 0 Å². The summed E-state index contributed by atoms with van der Waals surface area (Å²) in [5.74, 6) is -0.249. The van der Waals surface area contributed by atoms with E-state index < -0.39 is 5.41 Å². The molecule has 17 heavy (non-hydrogen) atoms. The van der Waals surface area contributed by atoms with Crippen LogP contribution in [0.2, 0.25) is 0 Å². The monoisotopic (exact) mass is 231 g/mol. The van der Waals surface area contributed by atoms with Crippen LogP contribution >= 0.6 is 0 Å². The van der Waals surface area contributed by atoms with Crippen LogP contribution < -0.4 is 5.32 Å². The second kappa shape index (κ2) is 5.44. The summed E-state index contributed by atoms with van der Waals surface area (Å²) in [7, 11) is 0. The van der Waals surface area contributed by atoms with Crippen LogP contribution in [0, 0.1) is 16.7 Å². The summed E-state index contributed by atoms with van der Waals surface area (Å²) in [4.78, 5) is 16.1. The van der Waals surface area contributed by atoms with E-state index in [1.54, 1.807) is 13.1 Å². The molecule has 0 bridgehead atoms. The van der Waals surface area contributed by atoms with E-state index in [2.05, 4.69) is 16.4 Å². The highest BCUT2D eigenvalue weighted by Crippen LogP contribution is 2.21. The highest BCUT2D eigenvalue weighted by atomic mass is 16.2. The van der Waals surface area contributed by atoms with Gasteiger partial charge in [-0.2, -0.15) is 5.26 Å². The van der Waals surface area contributed by atoms with Crippen molar-refractivity contribution in [3.8, 4) is 6.07 Å². The average Bonchev–Trinajstić information content (AvgIpc) is 2.38. The molecule has 1 N–H and O–H groups in total. The Morgan fingerprint density at radius 2 is 2.35 bits per heavy atom. The van der Waals surface area contributed by atoms with Crippen molar-refractivity contribution in [3.05, 3.63) is 30.1 Å². The molecule has 0 aromatic carbocycles. The van der Waals surface area contributed by atoms with Crippen molar-refractivity contribution >= 4 is 5.91 Å². The molecular formula is C13H17N3O.